The molecule has 10 heteroatoms. The van der Waals surface area contributed by atoms with E-state index in [4.69, 9.17) is 4.99 Å². The molecule has 190 valence electrons. The number of aliphatic imine (C=N–C) groups is 1. The Balaban J connectivity index is 1.38. The lowest BCUT2D eigenvalue weighted by atomic mass is 10.0. The van der Waals surface area contributed by atoms with Crippen LogP contribution in [-0.4, -0.2) is 85.0 Å². The first-order chi connectivity index (χ1) is 17.5. The summed E-state index contributed by atoms with van der Waals surface area (Å²) in [5.41, 5.74) is 1.36. The van der Waals surface area contributed by atoms with Crippen LogP contribution in [0.1, 0.15) is 41.6 Å². The highest BCUT2D eigenvalue weighted by atomic mass is 32.1. The van der Waals surface area contributed by atoms with Crippen molar-refractivity contribution in [2.75, 3.05) is 45.6 Å². The molecule has 3 aromatic rings. The Morgan fingerprint density at radius 2 is 2.03 bits per heavy atom. The maximum Gasteiger partial charge on any atom is 0.258 e. The van der Waals surface area contributed by atoms with Crippen LogP contribution < -0.4 is 21.4 Å². The minimum absolute atomic E-state index is 0.200. The number of pyridine rings is 1. The van der Waals surface area contributed by atoms with E-state index in [2.05, 4.69) is 39.8 Å². The number of piperidine rings is 1. The summed E-state index contributed by atoms with van der Waals surface area (Å²) < 4.78 is 3.08. The van der Waals surface area contributed by atoms with Gasteiger partial charge in [-0.25, -0.2) is 0 Å². The van der Waals surface area contributed by atoms with Gasteiger partial charge in [0.15, 0.2) is 6.29 Å². The lowest BCUT2D eigenvalue weighted by molar-refractivity contribution is 0.0950. The van der Waals surface area contributed by atoms with E-state index in [9.17, 15) is 9.59 Å². The molecule has 2 saturated heterocycles. The normalized spacial score (nSPS) is 22.9. The minimum Gasteiger partial charge on any atom is -0.350 e. The molecule has 1 aromatic carbocycles. The van der Waals surface area contributed by atoms with Gasteiger partial charge >= 0.3 is 0 Å². The molecule has 0 aliphatic carbocycles. The number of amides is 1. The summed E-state index contributed by atoms with van der Waals surface area (Å²) >= 11 is 1.48. The summed E-state index contributed by atoms with van der Waals surface area (Å²) in [7, 11) is 4.27. The van der Waals surface area contributed by atoms with E-state index in [1.807, 2.05) is 28.7 Å². The highest BCUT2D eigenvalue weighted by Gasteiger charge is 2.31. The van der Waals surface area contributed by atoms with Gasteiger partial charge in [0.05, 0.1) is 15.8 Å². The number of carbonyl (C=O) groups is 1. The average molecular weight is 508 g/mol. The van der Waals surface area contributed by atoms with E-state index in [1.165, 1.54) is 11.3 Å². The zero-order valence-electron chi connectivity index (χ0n) is 20.8. The summed E-state index contributed by atoms with van der Waals surface area (Å²) in [5, 5.41) is 9.97. The first-order valence-electron chi connectivity index (χ1n) is 12.8. The fraction of sp³-hybridized carbons (Fsp3) is 0.500. The molecule has 36 heavy (non-hydrogen) atoms. The maximum atomic E-state index is 13.7. The Bertz CT molecular complexity index is 1380. The highest BCUT2D eigenvalue weighted by molar-refractivity contribution is 7.24. The molecule has 3 aliphatic heterocycles. The fourth-order valence-electron chi connectivity index (χ4n) is 5.67. The average Bonchev–Trinajstić information content (AvgIpc) is 3.55. The summed E-state index contributed by atoms with van der Waals surface area (Å²) in [5.74, 6) is 0.401. The van der Waals surface area contributed by atoms with E-state index >= 15 is 0 Å². The molecule has 2 atom stereocenters. The topological polar surface area (TPSA) is 93.5 Å². The van der Waals surface area contributed by atoms with Crippen LogP contribution >= 0.6 is 11.3 Å². The number of thiazole rings is 1. The van der Waals surface area contributed by atoms with Gasteiger partial charge in [-0.1, -0.05) is 12.1 Å². The number of benzene rings is 1. The van der Waals surface area contributed by atoms with Crippen molar-refractivity contribution in [2.45, 2.75) is 44.1 Å². The molecule has 0 bridgehead atoms. The first kappa shape index (κ1) is 23.6. The van der Waals surface area contributed by atoms with Crippen LogP contribution in [0.4, 0.5) is 5.82 Å². The van der Waals surface area contributed by atoms with Gasteiger partial charge in [0.2, 0.25) is 5.43 Å². The van der Waals surface area contributed by atoms with E-state index in [0.717, 1.165) is 61.4 Å². The van der Waals surface area contributed by atoms with Gasteiger partial charge in [-0.3, -0.25) is 23.9 Å². The Morgan fingerprint density at radius 3 is 2.78 bits per heavy atom. The van der Waals surface area contributed by atoms with E-state index in [0.29, 0.717) is 23.0 Å². The largest absolute Gasteiger partial charge is 0.350 e. The second kappa shape index (κ2) is 9.59. The molecule has 2 fully saturated rings. The van der Waals surface area contributed by atoms with Crippen molar-refractivity contribution < 1.29 is 4.79 Å². The number of nitrogens with zero attached hydrogens (tertiary/aromatic N) is 4. The van der Waals surface area contributed by atoms with Crippen molar-refractivity contribution in [1.82, 2.24) is 24.8 Å². The number of nitrogens with one attached hydrogen (secondary N) is 3. The summed E-state index contributed by atoms with van der Waals surface area (Å²) in [6, 6.07) is 8.89. The van der Waals surface area contributed by atoms with Crippen LogP contribution in [0.15, 0.2) is 34.1 Å². The second-order valence-electron chi connectivity index (χ2n) is 10.2. The number of anilines is 1. The molecule has 1 amide bonds. The quantitative estimate of drug-likeness (QED) is 0.490. The van der Waals surface area contributed by atoms with Crippen molar-refractivity contribution in [3.63, 3.8) is 0 Å². The summed E-state index contributed by atoms with van der Waals surface area (Å²) in [6.45, 7) is 3.36. The van der Waals surface area contributed by atoms with Gasteiger partial charge in [-0.15, -0.1) is 11.3 Å². The van der Waals surface area contributed by atoms with Crippen LogP contribution in [0.5, 0.6) is 0 Å². The molecule has 5 heterocycles. The molecule has 3 N–H and O–H groups in total. The van der Waals surface area contributed by atoms with Crippen LogP contribution in [-0.2, 0) is 0 Å². The highest BCUT2D eigenvalue weighted by Crippen LogP contribution is 2.33. The summed E-state index contributed by atoms with van der Waals surface area (Å²) in [6.07, 6.45) is 5.75. The Labute approximate surface area is 214 Å². The molecule has 0 saturated carbocycles. The third-order valence-corrected chi connectivity index (χ3v) is 8.91. The standard InChI is InChI=1S/C26H33N7O2S/c1-31(2)17-9-12-32(13-10-17)26-29-15-18-22(34)21(24(35)28-14-16-6-5-11-27-16)25-33(23(18)30-26)19-7-3-4-8-20(19)36-25/h3-4,7-8,15-17,26-27,30H,5-6,9-14H2,1-2H3,(H,28,35). The molecule has 6 rings (SSSR count). The molecular formula is C26H33N7O2S. The van der Waals surface area contributed by atoms with Crippen molar-refractivity contribution in [3.8, 4) is 0 Å². The smallest absolute Gasteiger partial charge is 0.258 e. The monoisotopic (exact) mass is 507 g/mol. The Morgan fingerprint density at radius 1 is 1.22 bits per heavy atom. The molecule has 3 aliphatic rings. The minimum atomic E-state index is -0.318. The van der Waals surface area contributed by atoms with Gasteiger partial charge in [-0.05, 0) is 58.5 Å². The Hall–Kier alpha value is -2.79. The molecule has 2 aromatic heterocycles. The zero-order chi connectivity index (χ0) is 24.8. The maximum absolute atomic E-state index is 13.7. The van der Waals surface area contributed by atoms with Gasteiger partial charge in [0, 0.05) is 37.9 Å². The number of carbonyl (C=O) groups excluding carboxylic acids is 1. The van der Waals surface area contributed by atoms with Crippen LogP contribution in [0, 0.1) is 0 Å². The number of likely N-dealkylation sites (tertiary alicyclic amines) is 1. The van der Waals surface area contributed by atoms with Gasteiger partial charge in [-0.2, -0.15) is 0 Å². The zero-order valence-corrected chi connectivity index (χ0v) is 21.6. The molecule has 0 radical (unpaired) electrons. The summed E-state index contributed by atoms with van der Waals surface area (Å²) in [4.78, 5) is 37.1. The number of hydrogen-bond donors (Lipinski definition) is 3. The Kier molecular flexibility index (Phi) is 6.28. The number of hydrogen-bond acceptors (Lipinski definition) is 8. The molecular weight excluding hydrogens is 474 g/mol. The lowest BCUT2D eigenvalue weighted by Crippen LogP contribution is -2.49. The van der Waals surface area contributed by atoms with Crippen LogP contribution in [0.3, 0.4) is 0 Å². The predicted octanol–water partition coefficient (Wildman–Crippen LogP) is 2.15. The van der Waals surface area contributed by atoms with Gasteiger partial charge in [0.1, 0.15) is 16.2 Å². The van der Waals surface area contributed by atoms with E-state index < -0.39 is 0 Å². The van der Waals surface area contributed by atoms with Crippen LogP contribution in [0.25, 0.3) is 15.0 Å². The fourth-order valence-corrected chi connectivity index (χ4v) is 6.85. The first-order valence-corrected chi connectivity index (χ1v) is 13.6. The van der Waals surface area contributed by atoms with E-state index in [1.54, 1.807) is 6.21 Å². The SMILES string of the molecule is CN(C)C1CCN(C2N=Cc3c(n4c(sc5ccccc54)c(C(=O)NCC4CCCN4)c3=O)N2)CC1. The predicted molar refractivity (Wildman–Crippen MR) is 146 cm³/mol. The molecule has 2 unspecified atom stereocenters. The third kappa shape index (κ3) is 4.11. The molecule has 0 spiro atoms. The van der Waals surface area contributed by atoms with E-state index in [-0.39, 0.29) is 29.2 Å². The van der Waals surface area contributed by atoms with Crippen LogP contribution in [0.2, 0.25) is 0 Å². The van der Waals surface area contributed by atoms with Gasteiger partial charge < -0.3 is 20.9 Å². The van der Waals surface area contributed by atoms with Gasteiger partial charge in [0.25, 0.3) is 5.91 Å². The number of aromatic nitrogens is 1. The number of rotatable bonds is 5. The molecule has 9 nitrogen and oxygen atoms in total. The van der Waals surface area contributed by atoms with Crippen molar-refractivity contribution in [3.05, 3.63) is 45.6 Å². The van der Waals surface area contributed by atoms with Crippen molar-refractivity contribution in [1.29, 1.82) is 0 Å². The number of para-hydroxylation sites is 1. The van der Waals surface area contributed by atoms with Crippen molar-refractivity contribution >= 4 is 44.3 Å². The number of fused-ring (bicyclic) bond motifs is 5. The third-order valence-electron chi connectivity index (χ3n) is 7.76. The second-order valence-corrected chi connectivity index (χ2v) is 11.2. The van der Waals surface area contributed by atoms with Crippen molar-refractivity contribution in [2.24, 2.45) is 4.99 Å². The lowest BCUT2D eigenvalue weighted by Gasteiger charge is -2.39.